The zero-order chi connectivity index (χ0) is 18.0. The Hall–Kier alpha value is -2.67. The maximum atomic E-state index is 11.9. The number of hydrogen-bond acceptors (Lipinski definition) is 4. The third-order valence-electron chi connectivity index (χ3n) is 3.69. The number of benzene rings is 2. The van der Waals surface area contributed by atoms with Gasteiger partial charge in [0.15, 0.2) is 12.3 Å². The first-order chi connectivity index (χ1) is 12.0. The quantitative estimate of drug-likeness (QED) is 0.606. The molecule has 128 valence electrons. The lowest BCUT2D eigenvalue weighted by molar-refractivity contribution is -0.120. The van der Waals surface area contributed by atoms with Gasteiger partial charge in [-0.1, -0.05) is 23.8 Å². The Labute approximate surface area is 152 Å². The van der Waals surface area contributed by atoms with E-state index in [9.17, 15) is 9.90 Å². The zero-order valence-corrected chi connectivity index (χ0v) is 15.3. The Kier molecular flexibility index (Phi) is 4.85. The summed E-state index contributed by atoms with van der Waals surface area (Å²) in [6.45, 7) is 3.67. The molecule has 0 aliphatic carbocycles. The second kappa shape index (κ2) is 7.06. The van der Waals surface area contributed by atoms with Crippen molar-refractivity contribution in [1.82, 2.24) is 4.98 Å². The van der Waals surface area contributed by atoms with Crippen LogP contribution in [0.4, 0.5) is 5.69 Å². The molecule has 3 rings (SSSR count). The molecule has 0 bridgehead atoms. The van der Waals surface area contributed by atoms with Gasteiger partial charge in [-0.25, -0.2) is 0 Å². The van der Waals surface area contributed by atoms with Gasteiger partial charge in [-0.2, -0.15) is 0 Å². The van der Waals surface area contributed by atoms with Gasteiger partial charge >= 0.3 is 5.91 Å². The molecule has 0 saturated carbocycles. The van der Waals surface area contributed by atoms with Crippen LogP contribution in [0.25, 0.3) is 10.9 Å². The fourth-order valence-corrected chi connectivity index (χ4v) is 2.87. The molecule has 0 fully saturated rings. The number of nitrogens with zero attached hydrogens (tertiary/aromatic N) is 2. The van der Waals surface area contributed by atoms with E-state index in [0.717, 1.165) is 15.6 Å². The molecule has 0 radical (unpaired) electrons. The summed E-state index contributed by atoms with van der Waals surface area (Å²) < 4.78 is 6.16. The van der Waals surface area contributed by atoms with Crippen molar-refractivity contribution in [3.05, 3.63) is 52.0 Å². The largest absolute Gasteiger partial charge is 0.493 e. The van der Waals surface area contributed by atoms with E-state index in [1.807, 2.05) is 38.1 Å². The molecule has 1 aromatic heterocycles. The van der Waals surface area contributed by atoms with Crippen molar-refractivity contribution in [3.8, 4) is 11.6 Å². The fraction of sp³-hybridized carbons (Fsp3) is 0.167. The summed E-state index contributed by atoms with van der Waals surface area (Å²) in [7, 11) is 0. The van der Waals surface area contributed by atoms with E-state index in [2.05, 4.69) is 31.1 Å². The van der Waals surface area contributed by atoms with Crippen LogP contribution in [0.3, 0.4) is 0 Å². The van der Waals surface area contributed by atoms with Crippen LogP contribution in [0.1, 0.15) is 11.1 Å². The monoisotopic (exact) mass is 401 g/mol. The van der Waals surface area contributed by atoms with E-state index in [1.165, 1.54) is 0 Å². The summed E-state index contributed by atoms with van der Waals surface area (Å²) in [4.78, 5) is 14.7. The second-order valence-electron chi connectivity index (χ2n) is 5.64. The SMILES string of the molecule is Cc1ccc(OCC(=O)N=Nc2c(O)[nH]c3ccc(C)c(Br)c23)cc1. The van der Waals surface area contributed by atoms with Gasteiger partial charge in [-0.3, -0.25) is 4.79 Å². The first-order valence-electron chi connectivity index (χ1n) is 7.59. The standard InChI is InChI=1S/C18H16BrN3O3/c1-10-3-6-12(7-4-10)25-9-14(23)21-22-17-15-13(20-18(17)24)8-5-11(2)16(15)19/h3-8,20,24H,9H2,1-2H3. The lowest BCUT2D eigenvalue weighted by atomic mass is 10.1. The highest BCUT2D eigenvalue weighted by molar-refractivity contribution is 9.10. The van der Waals surface area contributed by atoms with Crippen molar-refractivity contribution in [2.24, 2.45) is 10.2 Å². The minimum absolute atomic E-state index is 0.141. The molecule has 0 aliphatic heterocycles. The summed E-state index contributed by atoms with van der Waals surface area (Å²) in [5.41, 5.74) is 3.01. The molecular weight excluding hydrogens is 386 g/mol. The smallest absolute Gasteiger partial charge is 0.302 e. The van der Waals surface area contributed by atoms with Crippen molar-refractivity contribution in [2.45, 2.75) is 13.8 Å². The third kappa shape index (κ3) is 3.71. The van der Waals surface area contributed by atoms with Crippen LogP contribution >= 0.6 is 15.9 Å². The number of hydrogen-bond donors (Lipinski definition) is 2. The highest BCUT2D eigenvalue weighted by Gasteiger charge is 2.15. The van der Waals surface area contributed by atoms with Crippen LogP contribution in [-0.4, -0.2) is 22.6 Å². The summed E-state index contributed by atoms with van der Waals surface area (Å²) in [6, 6.07) is 11.1. The number of amides is 1. The summed E-state index contributed by atoms with van der Waals surface area (Å²) in [5, 5.41) is 18.2. The normalized spacial score (nSPS) is 11.3. The van der Waals surface area contributed by atoms with Crippen LogP contribution in [0, 0.1) is 13.8 Å². The molecule has 0 saturated heterocycles. The topological polar surface area (TPSA) is 87.0 Å². The van der Waals surface area contributed by atoms with E-state index >= 15 is 0 Å². The fourth-order valence-electron chi connectivity index (χ4n) is 2.33. The Morgan fingerprint density at radius 2 is 1.92 bits per heavy atom. The number of carbonyl (C=O) groups is 1. The number of carbonyl (C=O) groups excluding carboxylic acids is 1. The van der Waals surface area contributed by atoms with Gasteiger partial charge in [0.05, 0.1) is 5.52 Å². The number of nitrogens with one attached hydrogen (secondary N) is 1. The summed E-state index contributed by atoms with van der Waals surface area (Å²) >= 11 is 3.48. The van der Waals surface area contributed by atoms with Gasteiger partial charge in [0.25, 0.3) is 0 Å². The molecule has 0 aliphatic rings. The van der Waals surface area contributed by atoms with Gasteiger partial charge in [0.2, 0.25) is 5.88 Å². The molecule has 0 spiro atoms. The molecule has 2 N–H and O–H groups in total. The maximum Gasteiger partial charge on any atom is 0.302 e. The van der Waals surface area contributed by atoms with Crippen LogP contribution in [0.5, 0.6) is 11.6 Å². The number of aryl methyl sites for hydroxylation is 2. The van der Waals surface area contributed by atoms with Crippen molar-refractivity contribution >= 4 is 38.4 Å². The highest BCUT2D eigenvalue weighted by Crippen LogP contribution is 2.41. The molecule has 2 aromatic carbocycles. The Balaban J connectivity index is 1.76. The molecule has 7 heteroatoms. The molecule has 0 atom stereocenters. The number of aromatic nitrogens is 1. The first kappa shape index (κ1) is 17.2. The van der Waals surface area contributed by atoms with Crippen molar-refractivity contribution in [2.75, 3.05) is 6.61 Å². The van der Waals surface area contributed by atoms with E-state index in [-0.39, 0.29) is 18.2 Å². The number of fused-ring (bicyclic) bond motifs is 1. The number of aromatic hydroxyl groups is 1. The Bertz CT molecular complexity index is 962. The zero-order valence-electron chi connectivity index (χ0n) is 13.7. The second-order valence-corrected chi connectivity index (χ2v) is 6.43. The number of H-pyrrole nitrogens is 1. The van der Waals surface area contributed by atoms with Crippen molar-refractivity contribution < 1.29 is 14.6 Å². The van der Waals surface area contributed by atoms with Crippen LogP contribution < -0.4 is 4.74 Å². The number of azo groups is 1. The van der Waals surface area contributed by atoms with E-state index in [1.54, 1.807) is 12.1 Å². The highest BCUT2D eigenvalue weighted by atomic mass is 79.9. The molecule has 0 unspecified atom stereocenters. The Morgan fingerprint density at radius 1 is 1.20 bits per heavy atom. The third-order valence-corrected chi connectivity index (χ3v) is 4.72. The van der Waals surface area contributed by atoms with Gasteiger partial charge in [-0.05, 0) is 53.5 Å². The van der Waals surface area contributed by atoms with Crippen LogP contribution in [0.2, 0.25) is 0 Å². The molecule has 1 heterocycles. The number of halogens is 1. The molecule has 25 heavy (non-hydrogen) atoms. The number of rotatable bonds is 4. The summed E-state index contributed by atoms with van der Waals surface area (Å²) in [5.74, 6) is -0.0992. The van der Waals surface area contributed by atoms with Gasteiger partial charge in [0, 0.05) is 9.86 Å². The predicted molar refractivity (Wildman–Crippen MR) is 98.6 cm³/mol. The lowest BCUT2D eigenvalue weighted by Crippen LogP contribution is -2.07. The predicted octanol–water partition coefficient (Wildman–Crippen LogP) is 4.94. The number of ether oxygens (including phenoxy) is 1. The number of aromatic amines is 1. The van der Waals surface area contributed by atoms with Crippen molar-refractivity contribution in [3.63, 3.8) is 0 Å². The minimum atomic E-state index is -0.543. The van der Waals surface area contributed by atoms with Gasteiger partial charge in [-0.15, -0.1) is 10.2 Å². The van der Waals surface area contributed by atoms with Crippen molar-refractivity contribution in [1.29, 1.82) is 0 Å². The van der Waals surface area contributed by atoms with E-state index in [4.69, 9.17) is 4.74 Å². The van der Waals surface area contributed by atoms with E-state index in [0.29, 0.717) is 16.7 Å². The average Bonchev–Trinajstić information content (AvgIpc) is 2.92. The van der Waals surface area contributed by atoms with Crippen LogP contribution in [0.15, 0.2) is 51.1 Å². The first-order valence-corrected chi connectivity index (χ1v) is 8.39. The molecular formula is C18H16BrN3O3. The Morgan fingerprint density at radius 3 is 2.64 bits per heavy atom. The van der Waals surface area contributed by atoms with Gasteiger partial charge in [0.1, 0.15) is 5.75 Å². The average molecular weight is 402 g/mol. The van der Waals surface area contributed by atoms with Crippen LogP contribution in [-0.2, 0) is 4.79 Å². The molecule has 3 aromatic rings. The summed E-state index contributed by atoms with van der Waals surface area (Å²) in [6.07, 6.45) is 0. The minimum Gasteiger partial charge on any atom is -0.493 e. The molecule has 1 amide bonds. The molecule has 6 nitrogen and oxygen atoms in total. The van der Waals surface area contributed by atoms with E-state index < -0.39 is 5.91 Å². The lowest BCUT2D eigenvalue weighted by Gasteiger charge is -2.03. The van der Waals surface area contributed by atoms with Gasteiger partial charge < -0.3 is 14.8 Å². The maximum absolute atomic E-state index is 11.9.